The molecule has 0 spiro atoms. The Morgan fingerprint density at radius 1 is 1.26 bits per heavy atom. The highest BCUT2D eigenvalue weighted by molar-refractivity contribution is 7.96. The Bertz CT molecular complexity index is 1360. The highest BCUT2D eigenvalue weighted by atomic mass is 32.2. The summed E-state index contributed by atoms with van der Waals surface area (Å²) in [6.07, 6.45) is 9.04. The number of aromatic nitrogens is 1. The molecule has 1 aromatic rings. The number of methoxy groups -OCH3 is 2. The van der Waals surface area contributed by atoms with E-state index in [1.807, 2.05) is 0 Å². The summed E-state index contributed by atoms with van der Waals surface area (Å²) >= 11 is 0. The number of carbonyl (C=O) groups is 1. The molecule has 1 aromatic heterocycles. The Morgan fingerprint density at radius 3 is 2.66 bits per heavy atom. The molecule has 1 N–H and O–H groups in total. The normalized spacial score (nSPS) is 16.5. The smallest absolute Gasteiger partial charge is 0.264 e. The second-order valence-corrected chi connectivity index (χ2v) is 8.82. The van der Waals surface area contributed by atoms with Crippen molar-refractivity contribution in [1.29, 1.82) is 0 Å². The van der Waals surface area contributed by atoms with Gasteiger partial charge in [0.15, 0.2) is 0 Å². The Morgan fingerprint density at radius 2 is 2.00 bits per heavy atom. The molecule has 0 bridgehead atoms. The van der Waals surface area contributed by atoms with E-state index in [1.165, 1.54) is 50.7 Å². The number of allylic oxidation sites excluding steroid dienone is 6. The summed E-state index contributed by atoms with van der Waals surface area (Å²) in [6, 6.07) is 1.39. The zero-order valence-electron chi connectivity index (χ0n) is 19.1. The SMILES string of the molecule is C=C(/C(F)=C\C(F)=C/C)S(=O)(=O)Nc1cc(C2=CN3C(=O)CC(OC)=CN=C3C=C2)cnc1OC. The van der Waals surface area contributed by atoms with Crippen LogP contribution in [0, 0.1) is 0 Å². The molecule has 0 saturated heterocycles. The number of amides is 1. The van der Waals surface area contributed by atoms with Gasteiger partial charge >= 0.3 is 0 Å². The lowest BCUT2D eigenvalue weighted by molar-refractivity contribution is -0.125. The van der Waals surface area contributed by atoms with E-state index < -0.39 is 26.6 Å². The fraction of sp³-hybridized carbons (Fsp3) is 0.174. The highest BCUT2D eigenvalue weighted by Gasteiger charge is 2.25. The molecule has 2 aliphatic rings. The van der Waals surface area contributed by atoms with Crippen molar-refractivity contribution in [3.63, 3.8) is 0 Å². The molecule has 12 heteroatoms. The monoisotopic (exact) mass is 504 g/mol. The van der Waals surface area contributed by atoms with Crippen LogP contribution in [0.2, 0.25) is 0 Å². The van der Waals surface area contributed by atoms with Crippen LogP contribution in [0.1, 0.15) is 18.9 Å². The summed E-state index contributed by atoms with van der Waals surface area (Å²) in [4.78, 5) is 21.3. The van der Waals surface area contributed by atoms with Gasteiger partial charge in [0.2, 0.25) is 11.8 Å². The van der Waals surface area contributed by atoms with E-state index in [2.05, 4.69) is 21.3 Å². The van der Waals surface area contributed by atoms with Crippen molar-refractivity contribution in [2.75, 3.05) is 18.9 Å². The molecule has 2 aliphatic heterocycles. The van der Waals surface area contributed by atoms with E-state index in [0.717, 1.165) is 6.08 Å². The van der Waals surface area contributed by atoms with E-state index in [4.69, 9.17) is 9.47 Å². The number of pyridine rings is 1. The number of nitrogens with one attached hydrogen (secondary N) is 1. The molecule has 35 heavy (non-hydrogen) atoms. The number of hydrogen-bond donors (Lipinski definition) is 1. The number of fused-ring (bicyclic) bond motifs is 1. The number of hydrogen-bond acceptors (Lipinski definition) is 7. The predicted octanol–water partition coefficient (Wildman–Crippen LogP) is 4.10. The zero-order valence-corrected chi connectivity index (χ0v) is 19.9. The minimum Gasteiger partial charge on any atom is -0.499 e. The molecular formula is C23H22F2N4O5S. The van der Waals surface area contributed by atoms with Gasteiger partial charge in [0.05, 0.1) is 26.8 Å². The van der Waals surface area contributed by atoms with Gasteiger partial charge in [-0.2, -0.15) is 0 Å². The Labute approximate surface area is 201 Å². The highest BCUT2D eigenvalue weighted by Crippen LogP contribution is 2.31. The van der Waals surface area contributed by atoms with Gasteiger partial charge in [-0.15, -0.1) is 0 Å². The molecule has 0 saturated carbocycles. The molecule has 0 radical (unpaired) electrons. The van der Waals surface area contributed by atoms with Gasteiger partial charge in [-0.05, 0) is 25.1 Å². The van der Waals surface area contributed by atoms with Gasteiger partial charge in [0, 0.05) is 29.6 Å². The van der Waals surface area contributed by atoms with E-state index in [-0.39, 0.29) is 23.9 Å². The third kappa shape index (κ3) is 5.72. The molecule has 0 atom stereocenters. The Hall–Kier alpha value is -4.06. The number of ether oxygens (including phenoxy) is 2. The summed E-state index contributed by atoms with van der Waals surface area (Å²) in [6.45, 7) is 4.53. The molecule has 0 aliphatic carbocycles. The first kappa shape index (κ1) is 25.6. The Balaban J connectivity index is 1.94. The van der Waals surface area contributed by atoms with E-state index in [0.29, 0.717) is 28.8 Å². The van der Waals surface area contributed by atoms with Crippen molar-refractivity contribution in [3.05, 3.63) is 83.4 Å². The van der Waals surface area contributed by atoms with Gasteiger partial charge in [-0.25, -0.2) is 27.2 Å². The van der Waals surface area contributed by atoms with Crippen LogP contribution < -0.4 is 9.46 Å². The third-order valence-corrected chi connectivity index (χ3v) is 6.21. The number of nitrogens with zero attached hydrogens (tertiary/aromatic N) is 3. The van der Waals surface area contributed by atoms with Crippen molar-refractivity contribution < 1.29 is 31.5 Å². The number of carbonyl (C=O) groups excluding carboxylic acids is 1. The van der Waals surface area contributed by atoms with Gasteiger partial charge in [-0.1, -0.05) is 12.7 Å². The van der Waals surface area contributed by atoms with Gasteiger partial charge < -0.3 is 9.47 Å². The lowest BCUT2D eigenvalue weighted by Crippen LogP contribution is -2.32. The van der Waals surface area contributed by atoms with Crippen molar-refractivity contribution in [1.82, 2.24) is 9.88 Å². The molecule has 3 rings (SSSR count). The molecule has 0 unspecified atom stereocenters. The van der Waals surface area contributed by atoms with Gasteiger partial charge in [0.25, 0.3) is 10.0 Å². The first-order valence-corrected chi connectivity index (χ1v) is 11.6. The van der Waals surface area contributed by atoms with Crippen LogP contribution in [0.15, 0.2) is 82.9 Å². The summed E-state index contributed by atoms with van der Waals surface area (Å²) in [5.74, 6) is -1.94. The van der Waals surface area contributed by atoms with Crippen LogP contribution in [0.25, 0.3) is 5.57 Å². The van der Waals surface area contributed by atoms with Crippen LogP contribution in [0.3, 0.4) is 0 Å². The molecule has 0 fully saturated rings. The van der Waals surface area contributed by atoms with Crippen LogP contribution in [-0.4, -0.2) is 44.3 Å². The maximum atomic E-state index is 14.2. The molecule has 184 valence electrons. The lowest BCUT2D eigenvalue weighted by atomic mass is 10.1. The lowest BCUT2D eigenvalue weighted by Gasteiger charge is -2.22. The molecule has 9 nitrogen and oxygen atoms in total. The van der Waals surface area contributed by atoms with Crippen LogP contribution in [-0.2, 0) is 19.6 Å². The third-order valence-electron chi connectivity index (χ3n) is 4.88. The van der Waals surface area contributed by atoms with E-state index in [9.17, 15) is 22.0 Å². The largest absolute Gasteiger partial charge is 0.499 e. The van der Waals surface area contributed by atoms with Crippen LogP contribution in [0.5, 0.6) is 5.88 Å². The first-order valence-electron chi connectivity index (χ1n) is 10.1. The predicted molar refractivity (Wildman–Crippen MR) is 128 cm³/mol. The standard InChI is InChI=1S/C23H22F2N4O5S/c1-5-17(24)9-19(25)14(2)35(31,32)28-20-8-16(11-27-23(20)34-4)15-6-7-21-26-12-18(33-3)10-22(30)29(21)13-15/h5-9,11-13,28H,2,10H2,1,3-4H3/b17-5+,19-9+. The maximum absolute atomic E-state index is 14.2. The van der Waals surface area contributed by atoms with Crippen molar-refractivity contribution in [2.24, 2.45) is 4.99 Å². The minimum atomic E-state index is -4.53. The number of rotatable bonds is 8. The molecule has 0 aromatic carbocycles. The number of halogens is 2. The molecule has 3 heterocycles. The quantitative estimate of drug-likeness (QED) is 0.534. The fourth-order valence-corrected chi connectivity index (χ4v) is 3.85. The summed E-state index contributed by atoms with van der Waals surface area (Å²) < 4.78 is 65.3. The van der Waals surface area contributed by atoms with Crippen LogP contribution in [0.4, 0.5) is 14.5 Å². The number of aliphatic imine (C=N–C) groups is 1. The number of anilines is 1. The van der Waals surface area contributed by atoms with Gasteiger partial charge in [0.1, 0.15) is 33.8 Å². The second-order valence-electron chi connectivity index (χ2n) is 7.12. The van der Waals surface area contributed by atoms with Crippen molar-refractivity contribution in [2.45, 2.75) is 13.3 Å². The zero-order chi connectivity index (χ0) is 25.8. The first-order chi connectivity index (χ1) is 16.6. The van der Waals surface area contributed by atoms with Gasteiger partial charge in [-0.3, -0.25) is 14.4 Å². The number of amidine groups is 1. The summed E-state index contributed by atoms with van der Waals surface area (Å²) in [7, 11) is -1.81. The maximum Gasteiger partial charge on any atom is 0.264 e. The van der Waals surface area contributed by atoms with Crippen molar-refractivity contribution in [3.8, 4) is 5.88 Å². The average Bonchev–Trinajstić information content (AvgIpc) is 3.01. The topological polar surface area (TPSA) is 110 Å². The molecular weight excluding hydrogens is 482 g/mol. The number of sulfonamides is 1. The summed E-state index contributed by atoms with van der Waals surface area (Å²) in [5, 5.41) is 0. The minimum absolute atomic E-state index is 0.00202. The summed E-state index contributed by atoms with van der Waals surface area (Å²) in [5.41, 5.74) is 0.802. The fourth-order valence-electron chi connectivity index (χ4n) is 2.98. The second kappa shape index (κ2) is 10.5. The van der Waals surface area contributed by atoms with E-state index >= 15 is 0 Å². The van der Waals surface area contributed by atoms with E-state index in [1.54, 1.807) is 12.2 Å². The molecule has 1 amide bonds. The average molecular weight is 505 g/mol. The van der Waals surface area contributed by atoms with Crippen molar-refractivity contribution >= 4 is 33.0 Å². The Kier molecular flexibility index (Phi) is 7.65. The van der Waals surface area contributed by atoms with Crippen LogP contribution >= 0.6 is 0 Å².